The lowest BCUT2D eigenvalue weighted by Gasteiger charge is -2.08. The molecule has 3 aromatic carbocycles. The topological polar surface area (TPSA) is 75.3 Å². The van der Waals surface area contributed by atoms with Crippen LogP contribution in [0.4, 0.5) is 4.79 Å². The van der Waals surface area contributed by atoms with E-state index >= 15 is 0 Å². The van der Waals surface area contributed by atoms with Crippen molar-refractivity contribution >= 4 is 34.9 Å². The van der Waals surface area contributed by atoms with E-state index < -0.39 is 0 Å². The monoisotopic (exact) mass is 456 g/mol. The lowest BCUT2D eigenvalue weighted by atomic mass is 9.99. The molecule has 0 saturated carbocycles. The van der Waals surface area contributed by atoms with Crippen LogP contribution in [0.25, 0.3) is 17.2 Å². The minimum atomic E-state index is -0.346. The Morgan fingerprint density at radius 2 is 1.67 bits per heavy atom. The van der Waals surface area contributed by atoms with Gasteiger partial charge in [0.25, 0.3) is 17.1 Å². The van der Waals surface area contributed by atoms with Crippen LogP contribution in [0, 0.1) is 0 Å². The van der Waals surface area contributed by atoms with Crippen molar-refractivity contribution in [2.45, 2.75) is 19.3 Å². The van der Waals surface area contributed by atoms with Gasteiger partial charge in [-0.2, -0.15) is 0 Å². The van der Waals surface area contributed by atoms with E-state index in [4.69, 9.17) is 0 Å². The van der Waals surface area contributed by atoms with Gasteiger partial charge in [-0.25, -0.2) is 0 Å². The van der Waals surface area contributed by atoms with E-state index in [1.54, 1.807) is 6.08 Å². The summed E-state index contributed by atoms with van der Waals surface area (Å²) >= 11 is 0.921. The van der Waals surface area contributed by atoms with Gasteiger partial charge in [0, 0.05) is 12.1 Å². The van der Waals surface area contributed by atoms with Crippen molar-refractivity contribution in [1.82, 2.24) is 10.6 Å². The fourth-order valence-corrected chi connectivity index (χ4v) is 4.28. The first-order valence-electron chi connectivity index (χ1n) is 10.9. The highest BCUT2D eigenvalue weighted by atomic mass is 32.2. The van der Waals surface area contributed by atoms with E-state index in [1.807, 2.05) is 54.6 Å². The van der Waals surface area contributed by atoms with E-state index in [9.17, 15) is 14.4 Å². The number of amides is 3. The zero-order chi connectivity index (χ0) is 23.0. The molecule has 166 valence electrons. The number of unbranched alkanes of at least 4 members (excludes halogenated alkanes) is 1. The zero-order valence-corrected chi connectivity index (χ0v) is 18.9. The molecule has 0 atom stereocenters. The Morgan fingerprint density at radius 1 is 0.879 bits per heavy atom. The Labute approximate surface area is 197 Å². The van der Waals surface area contributed by atoms with Crippen molar-refractivity contribution < 1.29 is 14.4 Å². The molecule has 33 heavy (non-hydrogen) atoms. The quantitative estimate of drug-likeness (QED) is 0.350. The molecule has 4 rings (SSSR count). The molecule has 0 aromatic heterocycles. The van der Waals surface area contributed by atoms with Crippen LogP contribution < -0.4 is 10.6 Å². The van der Waals surface area contributed by atoms with Gasteiger partial charge in [0.1, 0.15) is 0 Å². The third-order valence-corrected chi connectivity index (χ3v) is 6.14. The highest BCUT2D eigenvalue weighted by Gasteiger charge is 2.24. The lowest BCUT2D eigenvalue weighted by molar-refractivity contribution is -0.115. The lowest BCUT2D eigenvalue weighted by Crippen LogP contribution is -2.24. The Bertz CT molecular complexity index is 1190. The molecule has 0 spiro atoms. The molecule has 0 bridgehead atoms. The average molecular weight is 457 g/mol. The van der Waals surface area contributed by atoms with Crippen molar-refractivity contribution in [3.05, 3.63) is 100 Å². The summed E-state index contributed by atoms with van der Waals surface area (Å²) in [6, 6.07) is 25.6. The molecule has 1 aliphatic rings. The van der Waals surface area contributed by atoms with E-state index in [0.717, 1.165) is 47.7 Å². The smallest absolute Gasteiger partial charge is 0.290 e. The largest absolute Gasteiger partial charge is 0.352 e. The Balaban J connectivity index is 1.29. The fourth-order valence-electron chi connectivity index (χ4n) is 3.60. The van der Waals surface area contributed by atoms with Gasteiger partial charge in [0.05, 0.1) is 4.91 Å². The van der Waals surface area contributed by atoms with Gasteiger partial charge in [-0.15, -0.1) is 0 Å². The normalized spacial score (nSPS) is 14.4. The van der Waals surface area contributed by atoms with Gasteiger partial charge in [-0.05, 0) is 71.5 Å². The number of hydrogen-bond donors (Lipinski definition) is 2. The van der Waals surface area contributed by atoms with Crippen molar-refractivity contribution in [3.8, 4) is 11.1 Å². The number of thioether (sulfide) groups is 1. The second-order valence-corrected chi connectivity index (χ2v) is 8.77. The summed E-state index contributed by atoms with van der Waals surface area (Å²) in [6.45, 7) is 0.659. The van der Waals surface area contributed by atoms with Crippen LogP contribution in [0.15, 0.2) is 83.8 Å². The number of aryl methyl sites for hydroxylation is 1. The molecule has 2 N–H and O–H groups in total. The summed E-state index contributed by atoms with van der Waals surface area (Å²) in [6.07, 6.45) is 4.57. The van der Waals surface area contributed by atoms with Gasteiger partial charge in [-0.3, -0.25) is 19.7 Å². The van der Waals surface area contributed by atoms with Crippen molar-refractivity contribution in [2.75, 3.05) is 6.54 Å². The third-order valence-electron chi connectivity index (χ3n) is 5.32. The van der Waals surface area contributed by atoms with Gasteiger partial charge in [0.15, 0.2) is 0 Å². The summed E-state index contributed by atoms with van der Waals surface area (Å²) in [4.78, 5) is 35.5. The first-order valence-corrected chi connectivity index (χ1v) is 11.7. The minimum absolute atomic E-state index is 0.0320. The van der Waals surface area contributed by atoms with E-state index in [1.165, 1.54) is 5.56 Å². The van der Waals surface area contributed by atoms with E-state index in [-0.39, 0.29) is 17.1 Å². The zero-order valence-electron chi connectivity index (χ0n) is 18.0. The molecule has 3 aromatic rings. The predicted molar refractivity (Wildman–Crippen MR) is 133 cm³/mol. The van der Waals surface area contributed by atoms with Gasteiger partial charge >= 0.3 is 0 Å². The highest BCUT2D eigenvalue weighted by molar-refractivity contribution is 8.18. The van der Waals surface area contributed by atoms with E-state index in [0.29, 0.717) is 17.0 Å². The number of benzene rings is 3. The first kappa shape index (κ1) is 22.6. The second kappa shape index (κ2) is 10.8. The molecule has 6 heteroatoms. The summed E-state index contributed by atoms with van der Waals surface area (Å²) in [5.74, 6) is -0.378. The fraction of sp³-hybridized carbons (Fsp3) is 0.148. The minimum Gasteiger partial charge on any atom is -0.352 e. The van der Waals surface area contributed by atoms with E-state index in [2.05, 4.69) is 34.9 Å². The average Bonchev–Trinajstić information content (AvgIpc) is 3.16. The van der Waals surface area contributed by atoms with Crippen LogP contribution in [0.3, 0.4) is 0 Å². The van der Waals surface area contributed by atoms with Crippen LogP contribution in [0.5, 0.6) is 0 Å². The van der Waals surface area contributed by atoms with Gasteiger partial charge in [0.2, 0.25) is 0 Å². The maximum absolute atomic E-state index is 12.1. The van der Waals surface area contributed by atoms with Crippen LogP contribution in [0.1, 0.15) is 34.3 Å². The summed E-state index contributed by atoms with van der Waals surface area (Å²) in [5, 5.41) is 4.90. The van der Waals surface area contributed by atoms with Crippen molar-refractivity contribution in [1.29, 1.82) is 0 Å². The predicted octanol–water partition coefficient (Wildman–Crippen LogP) is 5.43. The van der Waals surface area contributed by atoms with Gasteiger partial charge < -0.3 is 5.32 Å². The second-order valence-electron chi connectivity index (χ2n) is 7.75. The maximum atomic E-state index is 12.1. The SMILES string of the molecule is O=C1NC(=O)C(=Cc2ccc(-c3cccc(CCCCNC(=O)c4ccccc4)c3)cc2)S1. The molecular weight excluding hydrogens is 432 g/mol. The Hall–Kier alpha value is -3.64. The Morgan fingerprint density at radius 3 is 2.39 bits per heavy atom. The third kappa shape index (κ3) is 6.20. The molecule has 1 fully saturated rings. The Kier molecular flexibility index (Phi) is 7.37. The standard InChI is InChI=1S/C27H24N2O3S/c30-25(22-9-2-1-3-10-22)28-16-5-4-7-19-8-6-11-23(17-19)21-14-12-20(13-15-21)18-24-26(31)29-27(32)33-24/h1-3,6,8-15,17-18H,4-5,7,16H2,(H,28,30)(H,29,31,32). The molecule has 5 nitrogen and oxygen atoms in total. The number of nitrogens with one attached hydrogen (secondary N) is 2. The van der Waals surface area contributed by atoms with Gasteiger partial charge in [-0.1, -0.05) is 66.7 Å². The summed E-state index contributed by atoms with van der Waals surface area (Å²) in [7, 11) is 0. The van der Waals surface area contributed by atoms with Crippen LogP contribution >= 0.6 is 11.8 Å². The maximum Gasteiger partial charge on any atom is 0.290 e. The highest BCUT2D eigenvalue weighted by Crippen LogP contribution is 2.27. The first-order chi connectivity index (χ1) is 16.1. The molecular formula is C27H24N2O3S. The van der Waals surface area contributed by atoms with Crippen molar-refractivity contribution in [3.63, 3.8) is 0 Å². The number of imide groups is 1. The number of hydrogen-bond acceptors (Lipinski definition) is 4. The summed E-state index contributed by atoms with van der Waals surface area (Å²) in [5.41, 5.74) is 5.04. The van der Waals surface area contributed by atoms with Crippen LogP contribution in [-0.4, -0.2) is 23.6 Å². The molecule has 0 radical (unpaired) electrons. The molecule has 1 heterocycles. The molecule has 0 aliphatic carbocycles. The van der Waals surface area contributed by atoms with Crippen LogP contribution in [0.2, 0.25) is 0 Å². The number of carbonyl (C=O) groups is 3. The van der Waals surface area contributed by atoms with Crippen molar-refractivity contribution in [2.24, 2.45) is 0 Å². The molecule has 0 unspecified atom stereocenters. The number of carbonyl (C=O) groups excluding carboxylic acids is 3. The molecule has 1 aliphatic heterocycles. The molecule has 1 saturated heterocycles. The molecule has 3 amide bonds. The van der Waals surface area contributed by atoms with Crippen LogP contribution in [-0.2, 0) is 11.2 Å². The number of rotatable bonds is 8. The summed E-state index contributed by atoms with van der Waals surface area (Å²) < 4.78 is 0.